The Morgan fingerprint density at radius 1 is 0.973 bits per heavy atom. The minimum atomic E-state index is -1.74. The summed E-state index contributed by atoms with van der Waals surface area (Å²) in [6.45, 7) is 21.7. The number of hydrogen-bond acceptors (Lipinski definition) is 4. The van der Waals surface area contributed by atoms with E-state index in [0.717, 1.165) is 12.8 Å². The molecule has 0 radical (unpaired) electrons. The van der Waals surface area contributed by atoms with Gasteiger partial charge >= 0.3 is 5.97 Å². The van der Waals surface area contributed by atoms with Crippen LogP contribution in [-0.4, -0.2) is 35.8 Å². The third-order valence-corrected chi connectivity index (χ3v) is 12.8. The van der Waals surface area contributed by atoms with Crippen LogP contribution in [0.15, 0.2) is 11.8 Å². The molecule has 0 aromatic carbocycles. The van der Waals surface area contributed by atoms with E-state index in [-0.39, 0.29) is 5.97 Å². The summed E-state index contributed by atoms with van der Waals surface area (Å²) in [6, 6.07) is 0. The van der Waals surface area contributed by atoms with Gasteiger partial charge in [0.2, 0.25) is 8.32 Å². The van der Waals surface area contributed by atoms with Crippen molar-refractivity contribution in [3.05, 3.63) is 11.8 Å². The molecule has 4 aliphatic carbocycles. The highest BCUT2D eigenvalue weighted by Crippen LogP contribution is 2.68. The first-order valence-electron chi connectivity index (χ1n) is 15.2. The summed E-state index contributed by atoms with van der Waals surface area (Å²) < 4.78 is 18.6. The van der Waals surface area contributed by atoms with Crippen LogP contribution in [-0.2, 0) is 18.4 Å². The summed E-state index contributed by atoms with van der Waals surface area (Å²) in [5.41, 5.74) is 0.687. The van der Waals surface area contributed by atoms with Crippen molar-refractivity contribution < 1.29 is 18.4 Å². The molecule has 9 atom stereocenters. The van der Waals surface area contributed by atoms with Crippen molar-refractivity contribution in [3.63, 3.8) is 0 Å². The molecule has 0 bridgehead atoms. The number of rotatable bonds is 8. The van der Waals surface area contributed by atoms with Crippen LogP contribution in [0.5, 0.6) is 0 Å². The Kier molecular flexibility index (Phi) is 8.28. The van der Waals surface area contributed by atoms with E-state index in [1.807, 2.05) is 0 Å². The summed E-state index contributed by atoms with van der Waals surface area (Å²) in [4.78, 5) is 11.9. The maximum atomic E-state index is 11.9. The number of methoxy groups -OCH3 is 1. The van der Waals surface area contributed by atoms with Crippen LogP contribution in [0, 0.1) is 46.3 Å². The van der Waals surface area contributed by atoms with Gasteiger partial charge in [-0.3, -0.25) is 4.79 Å². The molecule has 0 aromatic rings. The van der Waals surface area contributed by atoms with Crippen molar-refractivity contribution in [3.8, 4) is 0 Å². The van der Waals surface area contributed by atoms with Crippen molar-refractivity contribution in [1.29, 1.82) is 0 Å². The van der Waals surface area contributed by atoms with Crippen molar-refractivity contribution in [2.24, 2.45) is 46.3 Å². The molecule has 0 amide bonds. The normalized spacial score (nSPS) is 40.6. The van der Waals surface area contributed by atoms with Crippen LogP contribution in [0.2, 0.25) is 39.3 Å². The van der Waals surface area contributed by atoms with E-state index >= 15 is 0 Å². The van der Waals surface area contributed by atoms with Gasteiger partial charge in [-0.2, -0.15) is 0 Å². The van der Waals surface area contributed by atoms with Gasteiger partial charge in [-0.1, -0.05) is 20.8 Å². The molecule has 4 unspecified atom stereocenters. The molecule has 4 aliphatic rings. The smallest absolute Gasteiger partial charge is 0.305 e. The van der Waals surface area contributed by atoms with E-state index in [0.29, 0.717) is 58.9 Å². The van der Waals surface area contributed by atoms with Gasteiger partial charge in [-0.05, 0) is 137 Å². The molecule has 0 aliphatic heterocycles. The van der Waals surface area contributed by atoms with Crippen molar-refractivity contribution in [2.75, 3.05) is 7.11 Å². The molecule has 0 spiro atoms. The predicted molar refractivity (Wildman–Crippen MR) is 157 cm³/mol. The molecular formula is C31H56O4Si2. The molecule has 3 fully saturated rings. The quantitative estimate of drug-likeness (QED) is 0.226. The summed E-state index contributed by atoms with van der Waals surface area (Å²) >= 11 is 0. The van der Waals surface area contributed by atoms with Gasteiger partial charge in [0, 0.05) is 18.4 Å². The van der Waals surface area contributed by atoms with Gasteiger partial charge in [0.25, 0.3) is 0 Å². The first-order valence-corrected chi connectivity index (χ1v) is 22.0. The Morgan fingerprint density at radius 3 is 2.24 bits per heavy atom. The van der Waals surface area contributed by atoms with Crippen LogP contribution < -0.4 is 0 Å². The minimum absolute atomic E-state index is 0.0658. The average Bonchev–Trinajstić information content (AvgIpc) is 3.13. The number of esters is 1. The Labute approximate surface area is 229 Å². The van der Waals surface area contributed by atoms with E-state index in [1.165, 1.54) is 51.4 Å². The van der Waals surface area contributed by atoms with Crippen LogP contribution in [0.1, 0.15) is 78.6 Å². The highest BCUT2D eigenvalue weighted by Gasteiger charge is 2.62. The molecular weight excluding hydrogens is 493 g/mol. The van der Waals surface area contributed by atoms with Crippen molar-refractivity contribution in [1.82, 2.24) is 0 Å². The standard InChI is InChI=1S/C31H56O4Si2/c1-21(11-14-28(32)33-4)24-12-13-25-29-26(16-18-31(24,25)3)30(2)17-15-23(34-36(5,6)7)19-22(30)20-27(29)35-37(8,9)10/h20-26,29H,11-19H2,1-10H3/t21-,22?,23-,24-,25?,26?,29?,30+,31-/m1/s1. The summed E-state index contributed by atoms with van der Waals surface area (Å²) in [5, 5.41) is 0. The zero-order valence-corrected chi connectivity index (χ0v) is 27.6. The molecule has 4 rings (SSSR count). The zero-order chi connectivity index (χ0) is 27.4. The second-order valence-corrected chi connectivity index (χ2v) is 24.5. The van der Waals surface area contributed by atoms with E-state index in [9.17, 15) is 4.79 Å². The molecule has 3 saturated carbocycles. The molecule has 0 saturated heterocycles. The van der Waals surface area contributed by atoms with Crippen molar-refractivity contribution >= 4 is 22.6 Å². The number of ether oxygens (including phenoxy) is 1. The first kappa shape index (κ1) is 29.4. The lowest BCUT2D eigenvalue weighted by Gasteiger charge is -2.60. The second-order valence-electron chi connectivity index (χ2n) is 15.6. The van der Waals surface area contributed by atoms with Gasteiger partial charge < -0.3 is 13.6 Å². The number of carbonyl (C=O) groups excluding carboxylic acids is 1. The van der Waals surface area contributed by atoms with Gasteiger partial charge in [-0.15, -0.1) is 0 Å². The minimum Gasteiger partial charge on any atom is -0.547 e. The third kappa shape index (κ3) is 5.96. The number of fused-ring (bicyclic) bond motifs is 5. The Morgan fingerprint density at radius 2 is 1.62 bits per heavy atom. The highest BCUT2D eigenvalue weighted by molar-refractivity contribution is 6.70. The van der Waals surface area contributed by atoms with Crippen LogP contribution in [0.3, 0.4) is 0 Å². The lowest BCUT2D eigenvalue weighted by molar-refractivity contribution is -0.141. The van der Waals surface area contributed by atoms with E-state index in [4.69, 9.17) is 13.6 Å². The van der Waals surface area contributed by atoms with Gasteiger partial charge in [0.15, 0.2) is 8.32 Å². The Bertz CT molecular complexity index is 873. The summed E-state index contributed by atoms with van der Waals surface area (Å²) in [7, 11) is -1.78. The molecule has 212 valence electrons. The van der Waals surface area contributed by atoms with Crippen molar-refractivity contribution in [2.45, 2.75) is 124 Å². The third-order valence-electron chi connectivity index (χ3n) is 10.9. The van der Waals surface area contributed by atoms with E-state index in [1.54, 1.807) is 0 Å². The maximum absolute atomic E-state index is 11.9. The second kappa shape index (κ2) is 10.4. The topological polar surface area (TPSA) is 44.8 Å². The van der Waals surface area contributed by atoms with E-state index in [2.05, 4.69) is 66.1 Å². The van der Waals surface area contributed by atoms with Crippen LogP contribution in [0.25, 0.3) is 0 Å². The monoisotopic (exact) mass is 548 g/mol. The lowest BCUT2D eigenvalue weighted by atomic mass is 9.46. The Hall–Kier alpha value is -0.596. The fourth-order valence-electron chi connectivity index (χ4n) is 9.32. The van der Waals surface area contributed by atoms with Crippen LogP contribution >= 0.6 is 0 Å². The molecule has 0 heterocycles. The summed E-state index contributed by atoms with van der Waals surface area (Å²) in [6.07, 6.45) is 13.4. The molecule has 37 heavy (non-hydrogen) atoms. The van der Waals surface area contributed by atoms with Gasteiger partial charge in [0.05, 0.1) is 12.9 Å². The lowest BCUT2D eigenvalue weighted by Crippen LogP contribution is -2.55. The molecule has 4 nitrogen and oxygen atoms in total. The molecule has 0 N–H and O–H groups in total. The number of hydrogen-bond donors (Lipinski definition) is 0. The molecule has 6 heteroatoms. The zero-order valence-electron chi connectivity index (χ0n) is 25.6. The van der Waals surface area contributed by atoms with Crippen LogP contribution in [0.4, 0.5) is 0 Å². The number of allylic oxidation sites excluding steroid dienone is 2. The van der Waals surface area contributed by atoms with Gasteiger partial charge in [-0.25, -0.2) is 0 Å². The average molecular weight is 549 g/mol. The Balaban J connectivity index is 1.63. The largest absolute Gasteiger partial charge is 0.547 e. The maximum Gasteiger partial charge on any atom is 0.305 e. The predicted octanol–water partition coefficient (Wildman–Crippen LogP) is 8.41. The fraction of sp³-hybridized carbons (Fsp3) is 0.903. The number of carbonyl (C=O) groups is 1. The van der Waals surface area contributed by atoms with E-state index < -0.39 is 16.6 Å². The van der Waals surface area contributed by atoms with Gasteiger partial charge in [0.1, 0.15) is 0 Å². The summed E-state index contributed by atoms with van der Waals surface area (Å²) in [5.74, 6) is 5.05. The molecule has 0 aromatic heterocycles. The fourth-order valence-corrected chi connectivity index (χ4v) is 11.4. The first-order chi connectivity index (χ1) is 17.1. The highest BCUT2D eigenvalue weighted by atomic mass is 28.4. The SMILES string of the molecule is COC(=O)CC[C@@H](C)[C@H]1CCC2C3C(O[Si](C)(C)C)=CC4C[C@H](O[Si](C)(C)C)CC[C@]4(C)C3CC[C@@]21C.